The van der Waals surface area contributed by atoms with Crippen molar-refractivity contribution in [3.63, 3.8) is 0 Å². The molecule has 1 aliphatic heterocycles. The second-order valence-electron chi connectivity index (χ2n) is 4.31. The van der Waals surface area contributed by atoms with Gasteiger partial charge < -0.3 is 11.1 Å². The third-order valence-corrected chi connectivity index (χ3v) is 2.95. The zero-order chi connectivity index (χ0) is 15.0. The summed E-state index contributed by atoms with van der Waals surface area (Å²) >= 11 is 0. The van der Waals surface area contributed by atoms with Crippen molar-refractivity contribution in [2.45, 2.75) is 19.4 Å². The van der Waals surface area contributed by atoms with E-state index in [1.54, 1.807) is 0 Å². The van der Waals surface area contributed by atoms with Gasteiger partial charge in [0.2, 0.25) is 17.7 Å². The summed E-state index contributed by atoms with van der Waals surface area (Å²) in [6.45, 7) is 1.41. The van der Waals surface area contributed by atoms with Gasteiger partial charge in [-0.05, 0) is 6.92 Å². The average molecular weight is 280 g/mol. The number of carbonyl (C=O) groups excluding carboxylic acids is 2. The summed E-state index contributed by atoms with van der Waals surface area (Å²) in [5.41, 5.74) is 5.16. The summed E-state index contributed by atoms with van der Waals surface area (Å²) in [7, 11) is 1.35. The highest BCUT2D eigenvalue weighted by Gasteiger charge is 2.37. The quantitative estimate of drug-likeness (QED) is 0.426. The van der Waals surface area contributed by atoms with E-state index in [-0.39, 0.29) is 35.5 Å². The van der Waals surface area contributed by atoms with Crippen LogP contribution in [0.4, 0.5) is 17.5 Å². The number of rotatable bonds is 3. The van der Waals surface area contributed by atoms with Gasteiger partial charge in [-0.2, -0.15) is 4.98 Å². The molecular weight excluding hydrogens is 268 g/mol. The molecule has 10 heteroatoms. The van der Waals surface area contributed by atoms with Gasteiger partial charge in [0.05, 0.1) is 11.3 Å². The fraction of sp³-hybridized carbons (Fsp3) is 0.400. The molecule has 0 bridgehead atoms. The number of nitrogens with one attached hydrogen (secondary N) is 1. The zero-order valence-electron chi connectivity index (χ0n) is 10.8. The average Bonchev–Trinajstić information content (AvgIpc) is 2.55. The predicted molar refractivity (Wildman–Crippen MR) is 67.6 cm³/mol. The van der Waals surface area contributed by atoms with E-state index >= 15 is 0 Å². The molecule has 3 N–H and O–H groups in total. The van der Waals surface area contributed by atoms with Crippen LogP contribution in [0.2, 0.25) is 0 Å². The van der Waals surface area contributed by atoms with Gasteiger partial charge >= 0.3 is 5.69 Å². The number of hydrogen-bond donors (Lipinski definition) is 2. The highest BCUT2D eigenvalue weighted by Crippen LogP contribution is 2.27. The second kappa shape index (κ2) is 4.72. The molecule has 1 unspecified atom stereocenters. The Bertz CT molecular complexity index is 616. The summed E-state index contributed by atoms with van der Waals surface area (Å²) < 4.78 is 0. The number of nitrogens with two attached hydrogens (primary N) is 1. The molecule has 1 fully saturated rings. The first-order chi connectivity index (χ1) is 9.31. The SMILES string of the molecule is Cc1nc(N)nc(NC2CC(=O)N(C)C2=O)c1[N+](=O)[O-]. The first-order valence-electron chi connectivity index (χ1n) is 5.66. The number of nitrogens with zero attached hydrogens (tertiary/aromatic N) is 4. The van der Waals surface area contributed by atoms with Crippen LogP contribution in [0.5, 0.6) is 0 Å². The maximum absolute atomic E-state index is 11.8. The van der Waals surface area contributed by atoms with Crippen LogP contribution in [0.3, 0.4) is 0 Å². The molecule has 0 saturated carbocycles. The number of likely N-dealkylation sites (tertiary alicyclic amines) is 1. The van der Waals surface area contributed by atoms with Gasteiger partial charge in [0, 0.05) is 7.05 Å². The topological polar surface area (TPSA) is 144 Å². The minimum atomic E-state index is -0.889. The molecule has 0 aromatic carbocycles. The van der Waals surface area contributed by atoms with Gasteiger partial charge in [0.1, 0.15) is 11.7 Å². The molecule has 2 amide bonds. The lowest BCUT2D eigenvalue weighted by Gasteiger charge is -2.12. The molecule has 10 nitrogen and oxygen atoms in total. The van der Waals surface area contributed by atoms with Crippen molar-refractivity contribution >= 4 is 29.3 Å². The third-order valence-electron chi connectivity index (χ3n) is 2.95. The fourth-order valence-electron chi connectivity index (χ4n) is 1.94. The van der Waals surface area contributed by atoms with E-state index in [0.29, 0.717) is 0 Å². The normalized spacial score (nSPS) is 18.5. The number of nitrogen functional groups attached to an aromatic ring is 1. The smallest absolute Gasteiger partial charge is 0.332 e. The Morgan fingerprint density at radius 1 is 1.45 bits per heavy atom. The number of aromatic nitrogens is 2. The molecule has 1 aromatic rings. The molecule has 0 aliphatic carbocycles. The number of aryl methyl sites for hydroxylation is 1. The Labute approximate surface area is 113 Å². The van der Waals surface area contributed by atoms with Crippen LogP contribution in [0.1, 0.15) is 12.1 Å². The van der Waals surface area contributed by atoms with Crippen molar-refractivity contribution in [1.29, 1.82) is 0 Å². The number of amides is 2. The Morgan fingerprint density at radius 2 is 2.10 bits per heavy atom. The third kappa shape index (κ3) is 2.22. The molecule has 1 saturated heterocycles. The number of hydrogen-bond acceptors (Lipinski definition) is 8. The van der Waals surface area contributed by atoms with Gasteiger partial charge in [0.25, 0.3) is 5.91 Å². The predicted octanol–water partition coefficient (Wildman–Crippen LogP) is -0.555. The molecule has 1 atom stereocenters. The minimum Gasteiger partial charge on any atom is -0.368 e. The maximum Gasteiger partial charge on any atom is 0.332 e. The van der Waals surface area contributed by atoms with Crippen LogP contribution in [0, 0.1) is 17.0 Å². The van der Waals surface area contributed by atoms with E-state index in [4.69, 9.17) is 5.73 Å². The van der Waals surface area contributed by atoms with Crippen molar-refractivity contribution in [3.8, 4) is 0 Å². The highest BCUT2D eigenvalue weighted by molar-refractivity contribution is 6.06. The number of nitro groups is 1. The number of imide groups is 1. The molecule has 0 radical (unpaired) electrons. The highest BCUT2D eigenvalue weighted by atomic mass is 16.6. The van der Waals surface area contributed by atoms with Gasteiger partial charge in [-0.3, -0.25) is 24.6 Å². The lowest BCUT2D eigenvalue weighted by Crippen LogP contribution is -2.32. The second-order valence-corrected chi connectivity index (χ2v) is 4.31. The van der Waals surface area contributed by atoms with Crippen LogP contribution < -0.4 is 11.1 Å². The maximum atomic E-state index is 11.8. The van der Waals surface area contributed by atoms with Crippen molar-refractivity contribution in [3.05, 3.63) is 15.8 Å². The Balaban J connectivity index is 2.37. The molecule has 1 aliphatic rings. The largest absolute Gasteiger partial charge is 0.368 e. The Kier molecular flexibility index (Phi) is 3.22. The standard InChI is InChI=1S/C10H12N6O4/c1-4-7(16(19)20)8(14-10(11)12-4)13-5-3-6(17)15(2)9(5)18/h5H,3H2,1-2H3,(H3,11,12,13,14). The van der Waals surface area contributed by atoms with Crippen LogP contribution in [-0.2, 0) is 9.59 Å². The van der Waals surface area contributed by atoms with Gasteiger partial charge in [-0.15, -0.1) is 0 Å². The van der Waals surface area contributed by atoms with Crippen molar-refractivity contribution in [2.24, 2.45) is 0 Å². The molecule has 0 spiro atoms. The number of anilines is 2. The van der Waals surface area contributed by atoms with Crippen LogP contribution in [0.15, 0.2) is 0 Å². The van der Waals surface area contributed by atoms with E-state index in [1.807, 2.05) is 0 Å². The van der Waals surface area contributed by atoms with Crippen LogP contribution in [0.25, 0.3) is 0 Å². The van der Waals surface area contributed by atoms with E-state index in [0.717, 1.165) is 4.90 Å². The van der Waals surface area contributed by atoms with Gasteiger partial charge in [-0.1, -0.05) is 0 Å². The van der Waals surface area contributed by atoms with Crippen LogP contribution >= 0.6 is 0 Å². The van der Waals surface area contributed by atoms with E-state index in [9.17, 15) is 19.7 Å². The van der Waals surface area contributed by atoms with Gasteiger partial charge in [0.15, 0.2) is 0 Å². The lowest BCUT2D eigenvalue weighted by molar-refractivity contribution is -0.385. The van der Waals surface area contributed by atoms with Crippen molar-refractivity contribution in [1.82, 2.24) is 14.9 Å². The zero-order valence-corrected chi connectivity index (χ0v) is 10.8. The number of likely N-dealkylation sites (N-methyl/N-ethyl adjacent to an activating group) is 1. The Morgan fingerprint density at radius 3 is 2.60 bits per heavy atom. The lowest BCUT2D eigenvalue weighted by atomic mass is 10.2. The molecule has 20 heavy (non-hydrogen) atoms. The molecule has 2 heterocycles. The molecule has 2 rings (SSSR count). The molecule has 106 valence electrons. The summed E-state index contributed by atoms with van der Waals surface area (Å²) in [6.07, 6.45) is -0.0879. The summed E-state index contributed by atoms with van der Waals surface area (Å²) in [4.78, 5) is 41.9. The Hall–Kier alpha value is -2.78. The fourth-order valence-corrected chi connectivity index (χ4v) is 1.94. The number of carbonyl (C=O) groups is 2. The monoisotopic (exact) mass is 280 g/mol. The van der Waals surface area contributed by atoms with Gasteiger partial charge in [-0.25, -0.2) is 4.98 Å². The first-order valence-corrected chi connectivity index (χ1v) is 5.66. The van der Waals surface area contributed by atoms with Crippen LogP contribution in [-0.4, -0.2) is 44.7 Å². The summed E-state index contributed by atoms with van der Waals surface area (Å²) in [5.74, 6) is -1.16. The van der Waals surface area contributed by atoms with E-state index in [2.05, 4.69) is 15.3 Å². The minimum absolute atomic E-state index is 0.0788. The van der Waals surface area contributed by atoms with E-state index < -0.39 is 16.9 Å². The molecular formula is C10H12N6O4. The summed E-state index contributed by atoms with van der Waals surface area (Å²) in [6, 6.07) is -0.889. The van der Waals surface area contributed by atoms with Crippen molar-refractivity contribution < 1.29 is 14.5 Å². The first kappa shape index (κ1) is 13.6. The van der Waals surface area contributed by atoms with E-state index in [1.165, 1.54) is 14.0 Å². The molecule has 1 aromatic heterocycles. The van der Waals surface area contributed by atoms with Crippen molar-refractivity contribution in [2.75, 3.05) is 18.1 Å². The summed E-state index contributed by atoms with van der Waals surface area (Å²) in [5, 5.41) is 13.6.